The van der Waals surface area contributed by atoms with Gasteiger partial charge in [-0.05, 0) is 67.0 Å². The molecule has 2 rings (SSSR count). The smallest absolute Gasteiger partial charge is 0.242 e. The van der Waals surface area contributed by atoms with E-state index in [-0.39, 0.29) is 11.8 Å². The van der Waals surface area contributed by atoms with Gasteiger partial charge in [0.15, 0.2) is 0 Å². The van der Waals surface area contributed by atoms with E-state index in [1.165, 1.54) is 0 Å². The van der Waals surface area contributed by atoms with E-state index in [4.69, 9.17) is 16.3 Å². The van der Waals surface area contributed by atoms with Crippen LogP contribution in [0.1, 0.15) is 45.1 Å². The first-order valence-electron chi connectivity index (χ1n) is 11.1. The van der Waals surface area contributed by atoms with Crippen molar-refractivity contribution < 1.29 is 14.3 Å². The monoisotopic (exact) mass is 476 g/mol. The Kier molecular flexibility index (Phi) is 11.5. The highest BCUT2D eigenvalue weighted by Crippen LogP contribution is 2.23. The molecule has 0 bridgehead atoms. The summed E-state index contributed by atoms with van der Waals surface area (Å²) in [5.74, 6) is 1.45. The van der Waals surface area contributed by atoms with Crippen LogP contribution in [0.5, 0.6) is 5.75 Å². The number of amides is 2. The number of methoxy groups -OCH3 is 1. The molecule has 0 aromatic heterocycles. The van der Waals surface area contributed by atoms with E-state index < -0.39 is 6.04 Å². The van der Waals surface area contributed by atoms with Crippen LogP contribution in [0, 0.1) is 0 Å². The van der Waals surface area contributed by atoms with E-state index in [0.29, 0.717) is 31.0 Å². The second-order valence-corrected chi connectivity index (χ2v) is 9.10. The first-order chi connectivity index (χ1) is 15.5. The molecule has 2 aromatic carbocycles. The van der Waals surface area contributed by atoms with Crippen LogP contribution in [0.4, 0.5) is 0 Å². The fraction of sp³-hybridized carbons (Fsp3) is 0.440. The SMILES string of the molecule is CCCNC(=O)[C@@H](CC)N(Cc1cccc(OC)c1)C(=O)CCCSc1ccc(Cl)cc1. The first kappa shape index (κ1) is 26.1. The maximum atomic E-state index is 13.2. The molecule has 0 aliphatic carbocycles. The summed E-state index contributed by atoms with van der Waals surface area (Å²) in [6, 6.07) is 14.8. The zero-order valence-electron chi connectivity index (χ0n) is 19.1. The van der Waals surface area contributed by atoms with Crippen LogP contribution in [-0.4, -0.2) is 42.2 Å². The maximum Gasteiger partial charge on any atom is 0.242 e. The van der Waals surface area contributed by atoms with Gasteiger partial charge in [-0.3, -0.25) is 9.59 Å². The van der Waals surface area contributed by atoms with Crippen molar-refractivity contribution in [3.05, 3.63) is 59.1 Å². The third kappa shape index (κ3) is 8.40. The largest absolute Gasteiger partial charge is 0.497 e. The maximum absolute atomic E-state index is 13.2. The minimum Gasteiger partial charge on any atom is -0.497 e. The molecule has 5 nitrogen and oxygen atoms in total. The summed E-state index contributed by atoms with van der Waals surface area (Å²) in [6.45, 7) is 4.93. The van der Waals surface area contributed by atoms with E-state index in [1.807, 2.05) is 62.4 Å². The second-order valence-electron chi connectivity index (χ2n) is 7.49. The molecular weight excluding hydrogens is 444 g/mol. The van der Waals surface area contributed by atoms with Crippen molar-refractivity contribution in [2.24, 2.45) is 0 Å². The lowest BCUT2D eigenvalue weighted by Gasteiger charge is -2.31. The van der Waals surface area contributed by atoms with Gasteiger partial charge in [-0.15, -0.1) is 11.8 Å². The number of benzene rings is 2. The van der Waals surface area contributed by atoms with Crippen LogP contribution in [-0.2, 0) is 16.1 Å². The zero-order chi connectivity index (χ0) is 23.3. The minimum absolute atomic E-state index is 0.0111. The lowest BCUT2D eigenvalue weighted by atomic mass is 10.1. The van der Waals surface area contributed by atoms with Gasteiger partial charge in [0, 0.05) is 29.4 Å². The summed E-state index contributed by atoms with van der Waals surface area (Å²) in [5.41, 5.74) is 0.940. The van der Waals surface area contributed by atoms with E-state index in [2.05, 4.69) is 5.32 Å². The third-order valence-corrected chi connectivity index (χ3v) is 6.39. The summed E-state index contributed by atoms with van der Waals surface area (Å²) in [4.78, 5) is 28.9. The average molecular weight is 477 g/mol. The molecule has 0 fully saturated rings. The Morgan fingerprint density at radius 1 is 1.16 bits per heavy atom. The van der Waals surface area contributed by atoms with Crippen LogP contribution in [0.25, 0.3) is 0 Å². The third-order valence-electron chi connectivity index (χ3n) is 5.04. The Morgan fingerprint density at radius 2 is 1.91 bits per heavy atom. The molecule has 0 aliphatic rings. The molecule has 32 heavy (non-hydrogen) atoms. The second kappa shape index (κ2) is 14.1. The van der Waals surface area contributed by atoms with Crippen LogP contribution in [0.3, 0.4) is 0 Å². The molecular formula is C25H33ClN2O3S. The van der Waals surface area contributed by atoms with Crippen molar-refractivity contribution in [1.82, 2.24) is 10.2 Å². The van der Waals surface area contributed by atoms with Crippen molar-refractivity contribution in [2.75, 3.05) is 19.4 Å². The van der Waals surface area contributed by atoms with Gasteiger partial charge < -0.3 is 15.0 Å². The topological polar surface area (TPSA) is 58.6 Å². The Morgan fingerprint density at radius 3 is 2.56 bits per heavy atom. The van der Waals surface area contributed by atoms with Gasteiger partial charge in [0.05, 0.1) is 7.11 Å². The highest BCUT2D eigenvalue weighted by Gasteiger charge is 2.28. The van der Waals surface area contributed by atoms with E-state index in [0.717, 1.165) is 34.8 Å². The molecule has 2 amide bonds. The summed E-state index contributed by atoms with van der Waals surface area (Å²) in [7, 11) is 1.62. The Balaban J connectivity index is 2.06. The highest BCUT2D eigenvalue weighted by molar-refractivity contribution is 7.99. The fourth-order valence-corrected chi connectivity index (χ4v) is 4.32. The van der Waals surface area contributed by atoms with Crippen LogP contribution in [0.15, 0.2) is 53.4 Å². The number of nitrogens with one attached hydrogen (secondary N) is 1. The van der Waals surface area contributed by atoms with Gasteiger partial charge in [-0.2, -0.15) is 0 Å². The minimum atomic E-state index is -0.496. The number of hydrogen-bond donors (Lipinski definition) is 1. The number of carbonyl (C=O) groups excluding carboxylic acids is 2. The van der Waals surface area contributed by atoms with Crippen molar-refractivity contribution in [2.45, 2.75) is 57.0 Å². The van der Waals surface area contributed by atoms with Gasteiger partial charge in [-0.1, -0.05) is 37.6 Å². The molecule has 7 heteroatoms. The first-order valence-corrected chi connectivity index (χ1v) is 12.4. The molecule has 0 radical (unpaired) electrons. The molecule has 2 aromatic rings. The number of carbonyl (C=O) groups is 2. The number of thioether (sulfide) groups is 1. The molecule has 174 valence electrons. The van der Waals surface area contributed by atoms with Gasteiger partial charge in [0.2, 0.25) is 11.8 Å². The molecule has 0 unspecified atom stereocenters. The molecule has 1 atom stereocenters. The summed E-state index contributed by atoms with van der Waals surface area (Å²) in [6.07, 6.45) is 2.54. The lowest BCUT2D eigenvalue weighted by Crippen LogP contribution is -2.49. The van der Waals surface area contributed by atoms with Gasteiger partial charge in [0.25, 0.3) is 0 Å². The molecule has 0 saturated carbocycles. The lowest BCUT2D eigenvalue weighted by molar-refractivity contribution is -0.141. The van der Waals surface area contributed by atoms with Crippen LogP contribution >= 0.6 is 23.4 Å². The van der Waals surface area contributed by atoms with E-state index in [1.54, 1.807) is 23.8 Å². The number of ether oxygens (including phenoxy) is 1. The molecule has 0 spiro atoms. The highest BCUT2D eigenvalue weighted by atomic mass is 35.5. The normalized spacial score (nSPS) is 11.6. The average Bonchev–Trinajstić information content (AvgIpc) is 2.81. The van der Waals surface area contributed by atoms with Crippen molar-refractivity contribution >= 4 is 35.2 Å². The van der Waals surface area contributed by atoms with Crippen molar-refractivity contribution in [3.63, 3.8) is 0 Å². The van der Waals surface area contributed by atoms with Gasteiger partial charge in [0.1, 0.15) is 11.8 Å². The van der Waals surface area contributed by atoms with Gasteiger partial charge in [-0.25, -0.2) is 0 Å². The molecule has 0 saturated heterocycles. The number of halogens is 1. The van der Waals surface area contributed by atoms with Crippen LogP contribution < -0.4 is 10.1 Å². The predicted octanol–water partition coefficient (Wildman–Crippen LogP) is 5.55. The molecule has 0 aliphatic heterocycles. The molecule has 1 N–H and O–H groups in total. The van der Waals surface area contributed by atoms with E-state index in [9.17, 15) is 9.59 Å². The Hall–Kier alpha value is -2.18. The summed E-state index contributed by atoms with van der Waals surface area (Å²) in [5, 5.41) is 3.66. The van der Waals surface area contributed by atoms with Crippen molar-refractivity contribution in [3.8, 4) is 5.75 Å². The standard InChI is InChI=1S/C25H33ClN2O3S/c1-4-15-27-25(30)23(5-2)28(18-19-8-6-9-21(17-19)31-3)24(29)10-7-16-32-22-13-11-20(26)12-14-22/h6,8-9,11-14,17,23H,4-5,7,10,15-16,18H2,1-3H3,(H,27,30)/t23-/m1/s1. The van der Waals surface area contributed by atoms with Crippen LogP contribution in [0.2, 0.25) is 5.02 Å². The predicted molar refractivity (Wildman–Crippen MR) is 132 cm³/mol. The quantitative estimate of drug-likeness (QED) is 0.304. The van der Waals surface area contributed by atoms with E-state index >= 15 is 0 Å². The van der Waals surface area contributed by atoms with Crippen molar-refractivity contribution in [1.29, 1.82) is 0 Å². The number of hydrogen-bond acceptors (Lipinski definition) is 4. The Labute approximate surface area is 200 Å². The summed E-state index contributed by atoms with van der Waals surface area (Å²) < 4.78 is 5.32. The number of rotatable bonds is 13. The Bertz CT molecular complexity index is 861. The summed E-state index contributed by atoms with van der Waals surface area (Å²) >= 11 is 7.63. The zero-order valence-corrected chi connectivity index (χ0v) is 20.7. The molecule has 0 heterocycles. The number of nitrogens with zero attached hydrogens (tertiary/aromatic N) is 1. The fourth-order valence-electron chi connectivity index (χ4n) is 3.34. The van der Waals surface area contributed by atoms with Gasteiger partial charge >= 0.3 is 0 Å².